The van der Waals surface area contributed by atoms with Gasteiger partial charge in [0.05, 0.1) is 6.04 Å². The minimum absolute atomic E-state index is 0.0608. The molecular formula is C14H19ClN4O. The van der Waals surface area contributed by atoms with Gasteiger partial charge in [-0.15, -0.1) is 0 Å². The van der Waals surface area contributed by atoms with E-state index in [0.29, 0.717) is 11.6 Å². The number of hydrogen-bond donors (Lipinski definition) is 2. The SMILES string of the molecule is Cn1ccnc1CCC(COc1cccc(Cl)c1)NN. The third kappa shape index (κ3) is 4.23. The summed E-state index contributed by atoms with van der Waals surface area (Å²) in [5.74, 6) is 7.34. The van der Waals surface area contributed by atoms with E-state index in [1.54, 1.807) is 12.3 Å². The zero-order valence-corrected chi connectivity index (χ0v) is 12.2. The largest absolute Gasteiger partial charge is 0.492 e. The summed E-state index contributed by atoms with van der Waals surface area (Å²) < 4.78 is 7.69. The Morgan fingerprint density at radius 3 is 3.00 bits per heavy atom. The number of hydrazine groups is 1. The van der Waals surface area contributed by atoms with E-state index in [1.165, 1.54) is 0 Å². The molecule has 0 radical (unpaired) electrons. The van der Waals surface area contributed by atoms with Crippen molar-refractivity contribution in [2.24, 2.45) is 12.9 Å². The molecule has 5 nitrogen and oxygen atoms in total. The first kappa shape index (κ1) is 14.8. The molecule has 0 aliphatic carbocycles. The van der Waals surface area contributed by atoms with E-state index in [0.717, 1.165) is 24.4 Å². The highest BCUT2D eigenvalue weighted by Crippen LogP contribution is 2.17. The van der Waals surface area contributed by atoms with Gasteiger partial charge >= 0.3 is 0 Å². The number of hydrogen-bond acceptors (Lipinski definition) is 4. The molecular weight excluding hydrogens is 276 g/mol. The van der Waals surface area contributed by atoms with Crippen molar-refractivity contribution in [3.63, 3.8) is 0 Å². The molecule has 2 rings (SSSR count). The number of halogens is 1. The second-order valence-electron chi connectivity index (χ2n) is 4.63. The number of nitrogens with one attached hydrogen (secondary N) is 1. The molecule has 0 amide bonds. The lowest BCUT2D eigenvalue weighted by molar-refractivity contribution is 0.257. The quantitative estimate of drug-likeness (QED) is 0.605. The van der Waals surface area contributed by atoms with Gasteiger partial charge in [-0.2, -0.15) is 0 Å². The van der Waals surface area contributed by atoms with Gasteiger partial charge in [0.2, 0.25) is 0 Å². The molecule has 1 heterocycles. The minimum atomic E-state index is 0.0608. The van der Waals surface area contributed by atoms with Gasteiger partial charge < -0.3 is 9.30 Å². The van der Waals surface area contributed by atoms with Crippen LogP contribution in [0.25, 0.3) is 0 Å². The number of nitrogens with two attached hydrogens (primary N) is 1. The fourth-order valence-corrected chi connectivity index (χ4v) is 2.09. The number of imidazole rings is 1. The molecule has 0 aliphatic heterocycles. The van der Waals surface area contributed by atoms with Crippen LogP contribution < -0.4 is 16.0 Å². The summed E-state index contributed by atoms with van der Waals surface area (Å²) in [5.41, 5.74) is 2.77. The number of ether oxygens (including phenoxy) is 1. The molecule has 1 aromatic carbocycles. The van der Waals surface area contributed by atoms with Crippen LogP contribution in [-0.4, -0.2) is 22.2 Å². The number of aryl methyl sites for hydroxylation is 2. The second kappa shape index (κ2) is 7.28. The highest BCUT2D eigenvalue weighted by atomic mass is 35.5. The molecule has 0 spiro atoms. The van der Waals surface area contributed by atoms with Crippen molar-refractivity contribution in [1.82, 2.24) is 15.0 Å². The monoisotopic (exact) mass is 294 g/mol. The Balaban J connectivity index is 1.82. The Morgan fingerprint density at radius 1 is 1.50 bits per heavy atom. The Labute approximate surface area is 123 Å². The summed E-state index contributed by atoms with van der Waals surface area (Å²) in [6, 6.07) is 7.39. The zero-order chi connectivity index (χ0) is 14.4. The molecule has 0 aliphatic rings. The number of rotatable bonds is 7. The lowest BCUT2D eigenvalue weighted by Crippen LogP contribution is -2.40. The Morgan fingerprint density at radius 2 is 2.35 bits per heavy atom. The van der Waals surface area contributed by atoms with Crippen molar-refractivity contribution in [2.75, 3.05) is 6.61 Å². The third-order valence-electron chi connectivity index (χ3n) is 3.12. The first-order chi connectivity index (χ1) is 9.69. The molecule has 108 valence electrons. The lowest BCUT2D eigenvalue weighted by Gasteiger charge is -2.16. The fourth-order valence-electron chi connectivity index (χ4n) is 1.91. The molecule has 2 aromatic rings. The third-order valence-corrected chi connectivity index (χ3v) is 3.36. The van der Waals surface area contributed by atoms with E-state index >= 15 is 0 Å². The zero-order valence-electron chi connectivity index (χ0n) is 11.4. The minimum Gasteiger partial charge on any atom is -0.492 e. The Bertz CT molecular complexity index is 543. The Kier molecular flexibility index (Phi) is 5.40. The van der Waals surface area contributed by atoms with Crippen LogP contribution in [-0.2, 0) is 13.5 Å². The van der Waals surface area contributed by atoms with Gasteiger partial charge in [0.15, 0.2) is 0 Å². The molecule has 0 saturated heterocycles. The summed E-state index contributed by atoms with van der Waals surface area (Å²) >= 11 is 5.91. The van der Waals surface area contributed by atoms with Crippen LogP contribution in [0, 0.1) is 0 Å². The average molecular weight is 295 g/mol. The average Bonchev–Trinajstić information content (AvgIpc) is 2.85. The maximum atomic E-state index is 5.91. The van der Waals surface area contributed by atoms with Gasteiger partial charge in [0, 0.05) is 30.9 Å². The van der Waals surface area contributed by atoms with Crippen LogP contribution in [0.4, 0.5) is 0 Å². The van der Waals surface area contributed by atoms with E-state index in [-0.39, 0.29) is 6.04 Å². The summed E-state index contributed by atoms with van der Waals surface area (Å²) in [4.78, 5) is 4.29. The van der Waals surface area contributed by atoms with Crippen LogP contribution in [0.3, 0.4) is 0 Å². The number of benzene rings is 1. The van der Waals surface area contributed by atoms with E-state index in [1.807, 2.05) is 36.0 Å². The summed E-state index contributed by atoms with van der Waals surface area (Å²) in [7, 11) is 1.98. The predicted octanol–water partition coefficient (Wildman–Crippen LogP) is 1.92. The van der Waals surface area contributed by atoms with Crippen LogP contribution >= 0.6 is 11.6 Å². The summed E-state index contributed by atoms with van der Waals surface area (Å²) in [6.07, 6.45) is 5.42. The molecule has 0 bridgehead atoms. The number of nitrogens with zero attached hydrogens (tertiary/aromatic N) is 2. The molecule has 1 unspecified atom stereocenters. The van der Waals surface area contributed by atoms with Gasteiger partial charge in [-0.05, 0) is 24.6 Å². The van der Waals surface area contributed by atoms with Crippen molar-refractivity contribution in [3.8, 4) is 5.75 Å². The maximum Gasteiger partial charge on any atom is 0.120 e. The lowest BCUT2D eigenvalue weighted by atomic mass is 10.1. The Hall–Kier alpha value is -1.56. The topological polar surface area (TPSA) is 65.1 Å². The highest BCUT2D eigenvalue weighted by Gasteiger charge is 2.10. The van der Waals surface area contributed by atoms with E-state index < -0.39 is 0 Å². The molecule has 3 N–H and O–H groups in total. The van der Waals surface area contributed by atoms with Gasteiger partial charge in [-0.25, -0.2) is 4.98 Å². The van der Waals surface area contributed by atoms with Crippen LogP contribution in [0.1, 0.15) is 12.2 Å². The number of aromatic nitrogens is 2. The van der Waals surface area contributed by atoms with Crippen molar-refractivity contribution in [3.05, 3.63) is 47.5 Å². The van der Waals surface area contributed by atoms with Gasteiger partial charge in [0.1, 0.15) is 18.2 Å². The highest BCUT2D eigenvalue weighted by molar-refractivity contribution is 6.30. The first-order valence-corrected chi connectivity index (χ1v) is 6.87. The first-order valence-electron chi connectivity index (χ1n) is 6.49. The van der Waals surface area contributed by atoms with Crippen molar-refractivity contribution in [1.29, 1.82) is 0 Å². The van der Waals surface area contributed by atoms with Crippen molar-refractivity contribution < 1.29 is 4.74 Å². The van der Waals surface area contributed by atoms with Crippen molar-refractivity contribution >= 4 is 11.6 Å². The maximum absolute atomic E-state index is 5.91. The standard InChI is InChI=1S/C14H19ClN4O/c1-19-8-7-17-14(19)6-5-12(18-16)10-20-13-4-2-3-11(15)9-13/h2-4,7-9,12,18H,5-6,10,16H2,1H3. The van der Waals surface area contributed by atoms with E-state index in [9.17, 15) is 0 Å². The molecule has 6 heteroatoms. The molecule has 0 fully saturated rings. The second-order valence-corrected chi connectivity index (χ2v) is 5.06. The smallest absolute Gasteiger partial charge is 0.120 e. The molecule has 0 saturated carbocycles. The van der Waals surface area contributed by atoms with Crippen LogP contribution in [0.5, 0.6) is 5.75 Å². The van der Waals surface area contributed by atoms with Gasteiger partial charge in [0.25, 0.3) is 0 Å². The van der Waals surface area contributed by atoms with Gasteiger partial charge in [-0.1, -0.05) is 17.7 Å². The summed E-state index contributed by atoms with van der Waals surface area (Å²) in [5, 5.41) is 0.660. The van der Waals surface area contributed by atoms with E-state index in [2.05, 4.69) is 10.4 Å². The van der Waals surface area contributed by atoms with Crippen LogP contribution in [0.15, 0.2) is 36.7 Å². The fraction of sp³-hybridized carbons (Fsp3) is 0.357. The predicted molar refractivity (Wildman–Crippen MR) is 79.6 cm³/mol. The molecule has 20 heavy (non-hydrogen) atoms. The van der Waals surface area contributed by atoms with Crippen LogP contribution in [0.2, 0.25) is 5.02 Å². The normalized spacial score (nSPS) is 12.3. The molecule has 1 atom stereocenters. The van der Waals surface area contributed by atoms with E-state index in [4.69, 9.17) is 22.2 Å². The molecule has 1 aromatic heterocycles. The van der Waals surface area contributed by atoms with Crippen molar-refractivity contribution in [2.45, 2.75) is 18.9 Å². The van der Waals surface area contributed by atoms with Gasteiger partial charge in [-0.3, -0.25) is 11.3 Å². The summed E-state index contributed by atoms with van der Waals surface area (Å²) in [6.45, 7) is 0.487.